The first-order chi connectivity index (χ1) is 15.6. The van der Waals surface area contributed by atoms with Gasteiger partial charge in [0.1, 0.15) is 0 Å². The molecular formula is C26H32N2O4. The first kappa shape index (κ1) is 21.3. The summed E-state index contributed by atoms with van der Waals surface area (Å²) in [6, 6.07) is 6.42. The van der Waals surface area contributed by atoms with Crippen LogP contribution in [0.5, 0.6) is 0 Å². The molecule has 0 unspecified atom stereocenters. The van der Waals surface area contributed by atoms with Crippen LogP contribution in [-0.2, 0) is 45.0 Å². The molecule has 0 atom stereocenters. The minimum absolute atomic E-state index is 0.248. The fourth-order valence-electron chi connectivity index (χ4n) is 5.86. The number of hydrogen-bond acceptors (Lipinski definition) is 6. The molecule has 2 heterocycles. The number of anilines is 1. The molecule has 0 saturated carbocycles. The molecule has 0 amide bonds. The lowest BCUT2D eigenvalue weighted by molar-refractivity contribution is -0.171. The fraction of sp³-hybridized carbons (Fsp3) is 0.538. The molecule has 2 aromatic rings. The summed E-state index contributed by atoms with van der Waals surface area (Å²) in [7, 11) is 0. The summed E-state index contributed by atoms with van der Waals surface area (Å²) in [5, 5.41) is 6.02. The van der Waals surface area contributed by atoms with E-state index in [2.05, 4.69) is 28.4 Å². The zero-order chi connectivity index (χ0) is 22.3. The van der Waals surface area contributed by atoms with Gasteiger partial charge in [0, 0.05) is 37.0 Å². The molecule has 0 spiro atoms. The molecular weight excluding hydrogens is 404 g/mol. The van der Waals surface area contributed by atoms with Crippen molar-refractivity contribution in [2.75, 3.05) is 31.6 Å². The molecule has 1 fully saturated rings. The van der Waals surface area contributed by atoms with E-state index in [9.17, 15) is 9.59 Å². The Kier molecular flexibility index (Phi) is 5.58. The number of rotatable bonds is 6. The number of fused-ring (bicyclic) bond motifs is 2. The van der Waals surface area contributed by atoms with Crippen molar-refractivity contribution in [1.29, 1.82) is 0 Å². The summed E-state index contributed by atoms with van der Waals surface area (Å²) >= 11 is 0. The van der Waals surface area contributed by atoms with E-state index in [1.54, 1.807) is 13.8 Å². The quantitative estimate of drug-likeness (QED) is 0.546. The van der Waals surface area contributed by atoms with E-state index in [1.807, 2.05) is 0 Å². The number of ether oxygens (including phenoxy) is 2. The second-order valence-electron chi connectivity index (χ2n) is 9.21. The molecule has 6 heteroatoms. The summed E-state index contributed by atoms with van der Waals surface area (Å²) in [5.41, 5.74) is 4.64. The van der Waals surface area contributed by atoms with E-state index < -0.39 is 17.4 Å². The molecule has 1 saturated heterocycles. The van der Waals surface area contributed by atoms with Crippen LogP contribution < -0.4 is 5.32 Å². The van der Waals surface area contributed by atoms with Gasteiger partial charge in [0.2, 0.25) is 0 Å². The minimum atomic E-state index is -1.29. The van der Waals surface area contributed by atoms with Crippen molar-refractivity contribution in [3.05, 3.63) is 40.5 Å². The number of carbonyl (C=O) groups excluding carboxylic acids is 2. The third kappa shape index (κ3) is 3.27. The van der Waals surface area contributed by atoms with Crippen LogP contribution in [0.15, 0.2) is 18.2 Å². The number of nitrogens with zero attached hydrogens (tertiary/aromatic N) is 1. The van der Waals surface area contributed by atoms with Gasteiger partial charge in [0.25, 0.3) is 0 Å². The molecule has 0 radical (unpaired) electrons. The molecule has 3 aliphatic rings. The Morgan fingerprint density at radius 2 is 1.66 bits per heavy atom. The summed E-state index contributed by atoms with van der Waals surface area (Å²) in [4.78, 5) is 28.9. The fourth-order valence-corrected chi connectivity index (χ4v) is 5.86. The lowest BCUT2D eigenvalue weighted by atomic mass is 9.84. The van der Waals surface area contributed by atoms with Gasteiger partial charge in [-0.15, -0.1) is 0 Å². The van der Waals surface area contributed by atoms with Crippen molar-refractivity contribution in [1.82, 2.24) is 4.90 Å². The van der Waals surface area contributed by atoms with Crippen LogP contribution in [0.3, 0.4) is 0 Å². The molecule has 1 aliphatic carbocycles. The maximum Gasteiger partial charge on any atom is 0.324 e. The highest BCUT2D eigenvalue weighted by atomic mass is 16.6. The summed E-state index contributed by atoms with van der Waals surface area (Å²) in [6.45, 7) is 7.83. The molecule has 5 rings (SSSR count). The number of carbonyl (C=O) groups is 2. The predicted molar refractivity (Wildman–Crippen MR) is 124 cm³/mol. The van der Waals surface area contributed by atoms with Gasteiger partial charge >= 0.3 is 11.9 Å². The average Bonchev–Trinajstić information content (AvgIpc) is 3.41. The van der Waals surface area contributed by atoms with Crippen LogP contribution in [0.1, 0.15) is 55.4 Å². The van der Waals surface area contributed by atoms with Crippen LogP contribution in [-0.4, -0.2) is 43.1 Å². The summed E-state index contributed by atoms with van der Waals surface area (Å²) in [5.74, 6) is -0.915. The molecule has 2 aromatic carbocycles. The van der Waals surface area contributed by atoms with Crippen LogP contribution >= 0.6 is 0 Å². The number of benzene rings is 2. The normalized spacial score (nSPS) is 18.9. The largest absolute Gasteiger partial charge is 0.465 e. The zero-order valence-electron chi connectivity index (χ0n) is 19.1. The Balaban J connectivity index is 1.67. The maximum atomic E-state index is 13.2. The number of esters is 2. The van der Waals surface area contributed by atoms with Gasteiger partial charge in [-0.05, 0) is 73.5 Å². The second kappa shape index (κ2) is 8.39. The minimum Gasteiger partial charge on any atom is -0.465 e. The molecule has 0 bridgehead atoms. The first-order valence-electron chi connectivity index (χ1n) is 12.0. The Bertz CT molecular complexity index is 1050. The van der Waals surface area contributed by atoms with E-state index in [1.165, 1.54) is 41.2 Å². The first-order valence-corrected chi connectivity index (χ1v) is 12.0. The highest BCUT2D eigenvalue weighted by molar-refractivity contribution is 6.06. The van der Waals surface area contributed by atoms with Crippen molar-refractivity contribution in [3.8, 4) is 0 Å². The van der Waals surface area contributed by atoms with E-state index in [4.69, 9.17) is 9.47 Å². The second-order valence-corrected chi connectivity index (χ2v) is 9.21. The van der Waals surface area contributed by atoms with Gasteiger partial charge in [-0.25, -0.2) is 0 Å². The van der Waals surface area contributed by atoms with Crippen molar-refractivity contribution in [2.24, 2.45) is 5.41 Å². The van der Waals surface area contributed by atoms with Crippen molar-refractivity contribution in [2.45, 2.75) is 59.0 Å². The molecule has 2 aliphatic heterocycles. The molecule has 0 aromatic heterocycles. The lowest BCUT2D eigenvalue weighted by Crippen LogP contribution is -2.43. The average molecular weight is 437 g/mol. The molecule has 32 heavy (non-hydrogen) atoms. The number of nitrogens with one attached hydrogen (secondary N) is 1. The highest BCUT2D eigenvalue weighted by Crippen LogP contribution is 2.48. The standard InChI is InChI=1S/C26H32N2O4/c1-3-31-24(29)26(25(30)32-4-2)13-18-19(14-26)21(16-28-11-6-5-7-12-28)17-9-8-10-22-23(17)20(18)15-27-22/h8-10,27H,3-7,11-16H2,1-2H3. The Morgan fingerprint density at radius 1 is 0.969 bits per heavy atom. The Labute approximate surface area is 189 Å². The van der Waals surface area contributed by atoms with Crippen molar-refractivity contribution < 1.29 is 19.1 Å². The highest BCUT2D eigenvalue weighted by Gasteiger charge is 2.54. The Morgan fingerprint density at radius 3 is 2.34 bits per heavy atom. The van der Waals surface area contributed by atoms with Crippen LogP contribution in [0.25, 0.3) is 10.8 Å². The number of likely N-dealkylation sites (tertiary alicyclic amines) is 1. The number of piperidine rings is 1. The predicted octanol–water partition coefficient (Wildman–Crippen LogP) is 3.96. The van der Waals surface area contributed by atoms with E-state index in [0.29, 0.717) is 12.8 Å². The summed E-state index contributed by atoms with van der Waals surface area (Å²) < 4.78 is 10.9. The number of hydrogen-bond donors (Lipinski definition) is 1. The summed E-state index contributed by atoms with van der Waals surface area (Å²) in [6.07, 6.45) is 4.45. The SMILES string of the molecule is CCOC(=O)C1(C(=O)OCC)Cc2c(c3c4c(cccc4c2CN2CCCCC2)NC3)C1. The van der Waals surface area contributed by atoms with E-state index >= 15 is 0 Å². The van der Waals surface area contributed by atoms with Crippen LogP contribution in [0.4, 0.5) is 5.69 Å². The van der Waals surface area contributed by atoms with Gasteiger partial charge in [-0.1, -0.05) is 18.6 Å². The smallest absolute Gasteiger partial charge is 0.324 e. The Hall–Kier alpha value is -2.60. The van der Waals surface area contributed by atoms with Crippen LogP contribution in [0.2, 0.25) is 0 Å². The van der Waals surface area contributed by atoms with E-state index in [-0.39, 0.29) is 13.2 Å². The molecule has 170 valence electrons. The third-order valence-electron chi connectivity index (χ3n) is 7.36. The third-order valence-corrected chi connectivity index (χ3v) is 7.36. The van der Waals surface area contributed by atoms with Crippen molar-refractivity contribution >= 4 is 28.4 Å². The molecule has 6 nitrogen and oxygen atoms in total. The van der Waals surface area contributed by atoms with Crippen molar-refractivity contribution in [3.63, 3.8) is 0 Å². The maximum absolute atomic E-state index is 13.2. The molecule has 1 N–H and O–H groups in total. The zero-order valence-corrected chi connectivity index (χ0v) is 19.1. The topological polar surface area (TPSA) is 67.9 Å². The van der Waals surface area contributed by atoms with Gasteiger partial charge in [0.15, 0.2) is 5.41 Å². The van der Waals surface area contributed by atoms with Gasteiger partial charge in [-0.3, -0.25) is 14.5 Å². The lowest BCUT2D eigenvalue weighted by Gasteiger charge is -2.28. The monoisotopic (exact) mass is 436 g/mol. The van der Waals surface area contributed by atoms with E-state index in [0.717, 1.165) is 43.0 Å². The van der Waals surface area contributed by atoms with Gasteiger partial charge in [0.05, 0.1) is 13.2 Å². The van der Waals surface area contributed by atoms with Gasteiger partial charge < -0.3 is 14.8 Å². The van der Waals surface area contributed by atoms with Gasteiger partial charge in [-0.2, -0.15) is 0 Å². The van der Waals surface area contributed by atoms with Crippen LogP contribution in [0, 0.1) is 5.41 Å².